The Kier molecular flexibility index (Phi) is 8.33. The molecule has 4 rings (SSSR count). The fourth-order valence-electron chi connectivity index (χ4n) is 4.13. The van der Waals surface area contributed by atoms with Gasteiger partial charge >= 0.3 is 5.69 Å². The summed E-state index contributed by atoms with van der Waals surface area (Å²) in [5, 5.41) is 26.3. The lowest BCUT2D eigenvalue weighted by Crippen LogP contribution is -2.48. The van der Waals surface area contributed by atoms with Crippen LogP contribution in [0.3, 0.4) is 0 Å². The van der Waals surface area contributed by atoms with Gasteiger partial charge in [0.05, 0.1) is 18.9 Å². The average Bonchev–Trinajstić information content (AvgIpc) is 3.50. The number of amides is 2. The largest absolute Gasteiger partial charge is 0.467 e. The van der Waals surface area contributed by atoms with E-state index in [0.717, 1.165) is 22.4 Å². The number of aromatic nitrogens is 2. The molecule has 0 spiro atoms. The molecule has 0 unspecified atom stereocenters. The van der Waals surface area contributed by atoms with E-state index in [1.165, 1.54) is 6.26 Å². The molecule has 1 fully saturated rings. The van der Waals surface area contributed by atoms with Crippen LogP contribution in [0, 0.1) is 0 Å². The molecule has 1 aliphatic heterocycles. The first-order valence-electron chi connectivity index (χ1n) is 11.8. The zero-order chi connectivity index (χ0) is 26.4. The van der Waals surface area contributed by atoms with Crippen molar-refractivity contribution in [3.8, 4) is 0 Å². The molecule has 5 N–H and O–H groups in total. The van der Waals surface area contributed by atoms with Gasteiger partial charge in [0.2, 0.25) is 11.8 Å². The van der Waals surface area contributed by atoms with E-state index >= 15 is 0 Å². The summed E-state index contributed by atoms with van der Waals surface area (Å²) in [5.74, 6) is -0.275. The van der Waals surface area contributed by atoms with Crippen molar-refractivity contribution in [2.45, 2.75) is 56.4 Å². The van der Waals surface area contributed by atoms with E-state index in [2.05, 4.69) is 15.6 Å². The Bertz CT molecular complexity index is 1300. The van der Waals surface area contributed by atoms with Crippen LogP contribution in [0.15, 0.2) is 75.0 Å². The minimum Gasteiger partial charge on any atom is -0.467 e. The first-order chi connectivity index (χ1) is 17.8. The Morgan fingerprint density at radius 1 is 1.05 bits per heavy atom. The smallest absolute Gasteiger partial charge is 0.330 e. The lowest BCUT2D eigenvalue weighted by Gasteiger charge is -2.20. The number of benzene rings is 1. The average molecular weight is 513 g/mol. The standard InChI is InChI=1S/C25H28N4O8/c30-19(9-8-18-21(32)22(33)24(37-18)29-11-10-20(31)28-25(29)35)27-17(13-15-5-2-1-3-6-15)23(34)26-14-16-7-4-12-36-16/h1-7,10-12,17-18,21-22,24,32-33H,8-9,13-14H2,(H,26,34)(H,27,30)(H,28,31,35)/t17-,18-,21-,22-,24-/m1/s1. The highest BCUT2D eigenvalue weighted by molar-refractivity contribution is 5.87. The molecule has 0 aliphatic carbocycles. The van der Waals surface area contributed by atoms with Crippen molar-refractivity contribution in [1.82, 2.24) is 20.2 Å². The summed E-state index contributed by atoms with van der Waals surface area (Å²) in [4.78, 5) is 51.0. The van der Waals surface area contributed by atoms with E-state index in [-0.39, 0.29) is 25.8 Å². The van der Waals surface area contributed by atoms with E-state index in [4.69, 9.17) is 9.15 Å². The third kappa shape index (κ3) is 6.61. The van der Waals surface area contributed by atoms with Crippen molar-refractivity contribution in [2.24, 2.45) is 0 Å². The van der Waals surface area contributed by atoms with Crippen LogP contribution in [0.5, 0.6) is 0 Å². The maximum atomic E-state index is 12.9. The summed E-state index contributed by atoms with van der Waals surface area (Å²) >= 11 is 0. The molecule has 0 bridgehead atoms. The first kappa shape index (κ1) is 26.1. The number of ether oxygens (including phenoxy) is 1. The van der Waals surface area contributed by atoms with Gasteiger partial charge in [-0.05, 0) is 24.1 Å². The molecule has 12 nitrogen and oxygen atoms in total. The molecule has 1 saturated heterocycles. The van der Waals surface area contributed by atoms with E-state index < -0.39 is 53.6 Å². The lowest BCUT2D eigenvalue weighted by atomic mass is 10.0. The number of hydrogen-bond acceptors (Lipinski definition) is 8. The maximum Gasteiger partial charge on any atom is 0.330 e. The molecular formula is C25H28N4O8. The van der Waals surface area contributed by atoms with Gasteiger partial charge in [-0.2, -0.15) is 0 Å². The number of aliphatic hydroxyl groups excluding tert-OH is 2. The molecule has 1 aliphatic rings. The van der Waals surface area contributed by atoms with Gasteiger partial charge < -0.3 is 30.0 Å². The van der Waals surface area contributed by atoms with Crippen LogP contribution in [0.25, 0.3) is 0 Å². The van der Waals surface area contributed by atoms with E-state index in [9.17, 15) is 29.4 Å². The molecule has 3 heterocycles. The van der Waals surface area contributed by atoms with Crippen LogP contribution in [0.2, 0.25) is 0 Å². The SMILES string of the molecule is O=C(CC[C@H]1O[C@@H](n2ccc(=O)[nH]c2=O)[C@H](O)[C@@H]1O)N[C@H](Cc1ccccc1)C(=O)NCc1ccco1. The molecule has 37 heavy (non-hydrogen) atoms. The molecular weight excluding hydrogens is 484 g/mol. The Labute approximate surface area is 210 Å². The highest BCUT2D eigenvalue weighted by Gasteiger charge is 2.44. The van der Waals surface area contributed by atoms with E-state index in [1.54, 1.807) is 12.1 Å². The number of carbonyl (C=O) groups is 2. The Hall–Kier alpha value is -4.00. The highest BCUT2D eigenvalue weighted by Crippen LogP contribution is 2.30. The van der Waals surface area contributed by atoms with Gasteiger partial charge in [0, 0.05) is 25.1 Å². The van der Waals surface area contributed by atoms with Gasteiger partial charge in [0.15, 0.2) is 6.23 Å². The summed E-state index contributed by atoms with van der Waals surface area (Å²) < 4.78 is 11.8. The van der Waals surface area contributed by atoms with E-state index in [0.29, 0.717) is 5.76 Å². The minimum atomic E-state index is -1.45. The van der Waals surface area contributed by atoms with Gasteiger partial charge in [-0.3, -0.25) is 23.9 Å². The summed E-state index contributed by atoms with van der Waals surface area (Å²) in [7, 11) is 0. The molecule has 5 atom stereocenters. The summed E-state index contributed by atoms with van der Waals surface area (Å²) in [6, 6.07) is 12.9. The van der Waals surface area contributed by atoms with Crippen LogP contribution in [0.4, 0.5) is 0 Å². The zero-order valence-corrected chi connectivity index (χ0v) is 19.8. The van der Waals surface area contributed by atoms with Gasteiger partial charge in [-0.25, -0.2) is 4.79 Å². The van der Waals surface area contributed by atoms with Crippen molar-refractivity contribution in [3.63, 3.8) is 0 Å². The van der Waals surface area contributed by atoms with Crippen LogP contribution < -0.4 is 21.9 Å². The molecule has 12 heteroatoms. The lowest BCUT2D eigenvalue weighted by molar-refractivity contribution is -0.129. The predicted octanol–water partition coefficient (Wildman–Crippen LogP) is -0.427. The molecule has 196 valence electrons. The third-order valence-electron chi connectivity index (χ3n) is 6.07. The van der Waals surface area contributed by atoms with E-state index in [1.807, 2.05) is 30.3 Å². The Balaban J connectivity index is 1.36. The van der Waals surface area contributed by atoms with Gasteiger partial charge in [-0.15, -0.1) is 0 Å². The maximum absolute atomic E-state index is 12.9. The van der Waals surface area contributed by atoms with Crippen molar-refractivity contribution in [2.75, 3.05) is 0 Å². The second kappa shape index (κ2) is 11.8. The number of furan rings is 1. The molecule has 0 saturated carbocycles. The molecule has 1 aromatic carbocycles. The number of H-pyrrole nitrogens is 1. The predicted molar refractivity (Wildman–Crippen MR) is 129 cm³/mol. The number of nitrogens with zero attached hydrogens (tertiary/aromatic N) is 1. The quantitative estimate of drug-likeness (QED) is 0.243. The highest BCUT2D eigenvalue weighted by atomic mass is 16.6. The number of rotatable bonds is 10. The van der Waals surface area contributed by atoms with Crippen LogP contribution in [0.1, 0.15) is 30.4 Å². The topological polar surface area (TPSA) is 176 Å². The Morgan fingerprint density at radius 3 is 2.54 bits per heavy atom. The Morgan fingerprint density at radius 2 is 1.84 bits per heavy atom. The van der Waals surface area contributed by atoms with Crippen LogP contribution in [-0.2, 0) is 27.3 Å². The number of hydrogen-bond donors (Lipinski definition) is 5. The van der Waals surface area contributed by atoms with Crippen LogP contribution in [-0.4, -0.2) is 55.9 Å². The van der Waals surface area contributed by atoms with Crippen molar-refractivity contribution >= 4 is 11.8 Å². The normalized spacial score (nSPS) is 21.9. The second-order valence-corrected chi connectivity index (χ2v) is 8.71. The number of carbonyl (C=O) groups excluding carboxylic acids is 2. The fourth-order valence-corrected chi connectivity index (χ4v) is 4.13. The van der Waals surface area contributed by atoms with Crippen molar-refractivity contribution < 1.29 is 29.0 Å². The zero-order valence-electron chi connectivity index (χ0n) is 19.8. The number of aromatic amines is 1. The summed E-state index contributed by atoms with van der Waals surface area (Å²) in [5.41, 5.74) is -0.556. The van der Waals surface area contributed by atoms with Gasteiger partial charge in [-0.1, -0.05) is 30.3 Å². The number of nitrogens with one attached hydrogen (secondary N) is 3. The number of aliphatic hydroxyl groups is 2. The van der Waals surface area contributed by atoms with Gasteiger partial charge in [0.1, 0.15) is 24.0 Å². The van der Waals surface area contributed by atoms with Gasteiger partial charge in [0.25, 0.3) is 5.56 Å². The molecule has 2 aromatic heterocycles. The minimum absolute atomic E-state index is 0.0186. The van der Waals surface area contributed by atoms with Crippen molar-refractivity contribution in [3.05, 3.63) is 93.2 Å². The summed E-state index contributed by atoms with van der Waals surface area (Å²) in [6.45, 7) is 0.165. The second-order valence-electron chi connectivity index (χ2n) is 8.71. The first-order valence-corrected chi connectivity index (χ1v) is 11.8. The molecule has 3 aromatic rings. The van der Waals surface area contributed by atoms with Crippen LogP contribution >= 0.6 is 0 Å². The monoisotopic (exact) mass is 512 g/mol. The fraction of sp³-hybridized carbons (Fsp3) is 0.360. The molecule has 0 radical (unpaired) electrons. The molecule has 2 amide bonds. The third-order valence-corrected chi connectivity index (χ3v) is 6.07. The summed E-state index contributed by atoms with van der Waals surface area (Å²) in [6.07, 6.45) is -2.18. The van der Waals surface area contributed by atoms with Crippen molar-refractivity contribution in [1.29, 1.82) is 0 Å².